The molecular weight excluding hydrogens is 530 g/mol. The van der Waals surface area contributed by atoms with Crippen LogP contribution in [-0.2, 0) is 14.3 Å². The number of nitrogens with zero attached hydrogens (tertiary/aromatic N) is 5. The predicted octanol–water partition coefficient (Wildman–Crippen LogP) is 5.04. The van der Waals surface area contributed by atoms with Gasteiger partial charge < -0.3 is 15.8 Å². The number of esters is 1. The summed E-state index contributed by atoms with van der Waals surface area (Å²) in [6.45, 7) is 0. The van der Waals surface area contributed by atoms with Gasteiger partial charge in [-0.25, -0.2) is 19.9 Å². The van der Waals surface area contributed by atoms with Crippen LogP contribution in [0.1, 0.15) is 25.7 Å². The zero-order chi connectivity index (χ0) is 28.8. The molecule has 5 aromatic rings. The molecule has 0 radical (unpaired) electrons. The van der Waals surface area contributed by atoms with Gasteiger partial charge in [-0.2, -0.15) is 0 Å². The van der Waals surface area contributed by atoms with E-state index in [0.29, 0.717) is 34.2 Å². The van der Waals surface area contributed by atoms with E-state index < -0.39 is 0 Å². The maximum Gasteiger partial charge on any atom is 0.308 e. The standard InChI is InChI=1S/C32H29N7O3/c1-42-31(41)21-16-32(17-21)14-20(15-32)30(40)38-26-12-9-22(18-35-26)39-28(23-8-5-13-34-27(23)33)37-25-11-10-24(36-29(25)39)19-6-3-2-4-7-19/h2-13,18,20-21H,14-17H2,1H3,(H2,33,34)(H,35,38,40). The highest BCUT2D eigenvalue weighted by Gasteiger charge is 2.56. The minimum atomic E-state index is -0.149. The molecule has 7 rings (SSSR count). The summed E-state index contributed by atoms with van der Waals surface area (Å²) in [7, 11) is 1.42. The van der Waals surface area contributed by atoms with Crippen molar-refractivity contribution in [3.05, 3.63) is 79.1 Å². The number of hydrogen-bond donors (Lipinski definition) is 2. The molecule has 1 amide bonds. The molecular formula is C32H29N7O3. The molecule has 2 aliphatic carbocycles. The van der Waals surface area contributed by atoms with E-state index in [-0.39, 0.29) is 29.1 Å². The van der Waals surface area contributed by atoms with E-state index in [9.17, 15) is 9.59 Å². The van der Waals surface area contributed by atoms with Crippen molar-refractivity contribution in [1.82, 2.24) is 24.5 Å². The zero-order valence-corrected chi connectivity index (χ0v) is 23.0. The summed E-state index contributed by atoms with van der Waals surface area (Å²) >= 11 is 0. The molecule has 0 bridgehead atoms. The Morgan fingerprint density at radius 3 is 2.43 bits per heavy atom. The lowest BCUT2D eigenvalue weighted by molar-refractivity contribution is -0.163. The molecule has 4 aromatic heterocycles. The normalized spacial score (nSPS) is 21.0. The molecule has 0 aliphatic heterocycles. The van der Waals surface area contributed by atoms with Gasteiger partial charge in [-0.1, -0.05) is 30.3 Å². The average Bonchev–Trinajstić information content (AvgIpc) is 3.35. The second-order valence-electron chi connectivity index (χ2n) is 11.2. The number of benzene rings is 1. The number of imidazole rings is 1. The Morgan fingerprint density at radius 1 is 0.929 bits per heavy atom. The second kappa shape index (κ2) is 10.1. The Balaban J connectivity index is 1.16. The topological polar surface area (TPSA) is 138 Å². The summed E-state index contributed by atoms with van der Waals surface area (Å²) in [5.74, 6) is 1.11. The largest absolute Gasteiger partial charge is 0.469 e. The number of anilines is 2. The minimum Gasteiger partial charge on any atom is -0.469 e. The van der Waals surface area contributed by atoms with Gasteiger partial charge in [0.05, 0.1) is 36.2 Å². The SMILES string of the molecule is COC(=O)C1CC2(CC(C(=O)Nc3ccc(-n4c(-c5cccnc5N)nc5ccc(-c6ccccc6)nc54)cn3)C2)C1. The number of fused-ring (bicyclic) bond motifs is 1. The van der Waals surface area contributed by atoms with Crippen LogP contribution in [0.15, 0.2) is 79.1 Å². The summed E-state index contributed by atoms with van der Waals surface area (Å²) in [6.07, 6.45) is 6.52. The molecule has 2 aliphatic rings. The number of carbonyl (C=O) groups is 2. The molecule has 2 fully saturated rings. The van der Waals surface area contributed by atoms with E-state index in [2.05, 4.69) is 15.3 Å². The van der Waals surface area contributed by atoms with E-state index in [4.69, 9.17) is 20.4 Å². The minimum absolute atomic E-state index is 0.0300. The number of carbonyl (C=O) groups excluding carboxylic acids is 2. The van der Waals surface area contributed by atoms with Gasteiger partial charge in [0.2, 0.25) is 5.91 Å². The molecule has 2 saturated carbocycles. The van der Waals surface area contributed by atoms with E-state index >= 15 is 0 Å². The van der Waals surface area contributed by atoms with Crippen LogP contribution in [0, 0.1) is 17.3 Å². The van der Waals surface area contributed by atoms with Crippen LogP contribution in [0.4, 0.5) is 11.6 Å². The first-order valence-corrected chi connectivity index (χ1v) is 13.9. The fourth-order valence-electron chi connectivity index (χ4n) is 6.40. The van der Waals surface area contributed by atoms with E-state index in [1.165, 1.54) is 7.11 Å². The van der Waals surface area contributed by atoms with Crippen molar-refractivity contribution in [2.24, 2.45) is 17.3 Å². The van der Waals surface area contributed by atoms with Crippen molar-refractivity contribution in [2.45, 2.75) is 25.7 Å². The van der Waals surface area contributed by atoms with Crippen molar-refractivity contribution >= 4 is 34.7 Å². The summed E-state index contributed by atoms with van der Waals surface area (Å²) in [5, 5.41) is 2.96. The Hall–Kier alpha value is -5.12. The highest BCUT2D eigenvalue weighted by atomic mass is 16.5. The van der Waals surface area contributed by atoms with Crippen LogP contribution in [0.3, 0.4) is 0 Å². The first-order chi connectivity index (χ1) is 20.4. The van der Waals surface area contributed by atoms with Crippen LogP contribution in [0.5, 0.6) is 0 Å². The average molecular weight is 560 g/mol. The number of nitrogens with two attached hydrogens (primary N) is 1. The number of pyridine rings is 3. The van der Waals surface area contributed by atoms with E-state index in [0.717, 1.165) is 42.6 Å². The molecule has 0 atom stereocenters. The fourth-order valence-corrected chi connectivity index (χ4v) is 6.40. The maximum atomic E-state index is 12.9. The van der Waals surface area contributed by atoms with Gasteiger partial charge in [0.15, 0.2) is 11.5 Å². The van der Waals surface area contributed by atoms with Crippen LogP contribution in [0.2, 0.25) is 0 Å². The number of nitrogens with one attached hydrogen (secondary N) is 1. The molecule has 1 aromatic carbocycles. The number of amides is 1. The van der Waals surface area contributed by atoms with Crippen LogP contribution in [0.25, 0.3) is 39.5 Å². The van der Waals surface area contributed by atoms with Gasteiger partial charge in [0.1, 0.15) is 17.2 Å². The smallest absolute Gasteiger partial charge is 0.308 e. The van der Waals surface area contributed by atoms with Crippen molar-refractivity contribution in [3.8, 4) is 28.3 Å². The highest BCUT2D eigenvalue weighted by Crippen LogP contribution is 2.61. The van der Waals surface area contributed by atoms with Gasteiger partial charge in [0.25, 0.3) is 0 Å². The van der Waals surface area contributed by atoms with Crippen LogP contribution < -0.4 is 11.1 Å². The third kappa shape index (κ3) is 4.45. The molecule has 0 unspecified atom stereocenters. The number of hydrogen-bond acceptors (Lipinski definition) is 8. The monoisotopic (exact) mass is 559 g/mol. The molecule has 42 heavy (non-hydrogen) atoms. The van der Waals surface area contributed by atoms with Crippen LogP contribution >= 0.6 is 0 Å². The number of rotatable bonds is 6. The Kier molecular flexibility index (Phi) is 6.18. The lowest BCUT2D eigenvalue weighted by Crippen LogP contribution is -2.52. The van der Waals surface area contributed by atoms with Crippen molar-refractivity contribution in [1.29, 1.82) is 0 Å². The predicted molar refractivity (Wildman–Crippen MR) is 158 cm³/mol. The molecule has 4 heterocycles. The number of nitrogen functional groups attached to an aromatic ring is 1. The summed E-state index contributed by atoms with van der Waals surface area (Å²) in [4.78, 5) is 43.3. The van der Waals surface area contributed by atoms with E-state index in [1.54, 1.807) is 18.5 Å². The number of methoxy groups -OCH3 is 1. The quantitative estimate of drug-likeness (QED) is 0.276. The maximum absolute atomic E-state index is 12.9. The fraction of sp³-hybridized carbons (Fsp3) is 0.250. The lowest BCUT2D eigenvalue weighted by Gasteiger charge is -2.56. The van der Waals surface area contributed by atoms with Crippen molar-refractivity contribution in [2.75, 3.05) is 18.2 Å². The highest BCUT2D eigenvalue weighted by molar-refractivity contribution is 5.93. The van der Waals surface area contributed by atoms with Gasteiger partial charge in [-0.15, -0.1) is 0 Å². The second-order valence-corrected chi connectivity index (χ2v) is 11.2. The first kappa shape index (κ1) is 25.8. The van der Waals surface area contributed by atoms with Gasteiger partial charge in [-0.3, -0.25) is 14.2 Å². The molecule has 10 nitrogen and oxygen atoms in total. The van der Waals surface area contributed by atoms with Crippen molar-refractivity contribution < 1.29 is 14.3 Å². The van der Waals surface area contributed by atoms with Crippen LogP contribution in [-0.4, -0.2) is 43.5 Å². The summed E-state index contributed by atoms with van der Waals surface area (Å²) < 4.78 is 6.76. The molecule has 3 N–H and O–H groups in total. The van der Waals surface area contributed by atoms with Gasteiger partial charge in [0, 0.05) is 17.7 Å². The summed E-state index contributed by atoms with van der Waals surface area (Å²) in [6, 6.07) is 21.2. The first-order valence-electron chi connectivity index (χ1n) is 13.9. The number of aromatic nitrogens is 5. The third-order valence-corrected chi connectivity index (χ3v) is 8.53. The Bertz CT molecular complexity index is 1800. The third-order valence-electron chi connectivity index (χ3n) is 8.53. The Morgan fingerprint density at radius 2 is 1.71 bits per heavy atom. The zero-order valence-electron chi connectivity index (χ0n) is 23.0. The van der Waals surface area contributed by atoms with E-state index in [1.807, 2.05) is 65.2 Å². The molecule has 1 spiro atoms. The molecule has 210 valence electrons. The Labute approximate surface area is 242 Å². The summed E-state index contributed by atoms with van der Waals surface area (Å²) in [5.41, 5.74) is 10.9. The molecule has 10 heteroatoms. The van der Waals surface area contributed by atoms with Gasteiger partial charge >= 0.3 is 5.97 Å². The van der Waals surface area contributed by atoms with Gasteiger partial charge in [-0.05, 0) is 67.5 Å². The number of ether oxygens (including phenoxy) is 1. The van der Waals surface area contributed by atoms with Crippen molar-refractivity contribution in [3.63, 3.8) is 0 Å². The molecule has 0 saturated heterocycles. The lowest BCUT2D eigenvalue weighted by atomic mass is 9.48.